The number of nitrogen functional groups attached to an aromatic ring is 1. The van der Waals surface area contributed by atoms with Crippen LogP contribution in [0.25, 0.3) is 16.9 Å². The number of halogens is 1. The maximum absolute atomic E-state index is 5.99. The first-order chi connectivity index (χ1) is 8.63. The van der Waals surface area contributed by atoms with Crippen LogP contribution in [0.2, 0.25) is 0 Å². The van der Waals surface area contributed by atoms with Crippen molar-refractivity contribution in [3.05, 3.63) is 46.6 Å². The van der Waals surface area contributed by atoms with Crippen molar-refractivity contribution in [1.82, 2.24) is 14.6 Å². The third kappa shape index (κ3) is 1.86. The van der Waals surface area contributed by atoms with Crippen LogP contribution in [-0.2, 0) is 0 Å². The Hall–Kier alpha value is -1.88. The van der Waals surface area contributed by atoms with Gasteiger partial charge < -0.3 is 5.73 Å². The van der Waals surface area contributed by atoms with E-state index < -0.39 is 0 Å². The molecule has 0 aliphatic heterocycles. The van der Waals surface area contributed by atoms with Gasteiger partial charge in [-0.25, -0.2) is 4.98 Å². The maximum Gasteiger partial charge on any atom is 0.158 e. The highest BCUT2D eigenvalue weighted by Crippen LogP contribution is 2.23. The minimum Gasteiger partial charge on any atom is -0.384 e. The molecule has 0 bridgehead atoms. The van der Waals surface area contributed by atoms with Gasteiger partial charge in [-0.15, -0.1) is 0 Å². The van der Waals surface area contributed by atoms with Gasteiger partial charge in [0.2, 0.25) is 0 Å². The summed E-state index contributed by atoms with van der Waals surface area (Å²) in [5.41, 5.74) is 9.54. The van der Waals surface area contributed by atoms with Crippen molar-refractivity contribution in [2.75, 3.05) is 5.73 Å². The van der Waals surface area contributed by atoms with Gasteiger partial charge in [-0.1, -0.05) is 28.1 Å². The van der Waals surface area contributed by atoms with E-state index in [-0.39, 0.29) is 0 Å². The number of fused-ring (bicyclic) bond motifs is 1. The summed E-state index contributed by atoms with van der Waals surface area (Å²) in [6.07, 6.45) is 0. The fourth-order valence-electron chi connectivity index (χ4n) is 1.91. The molecule has 1 aromatic carbocycles. The quantitative estimate of drug-likeness (QED) is 0.751. The van der Waals surface area contributed by atoms with Crippen molar-refractivity contribution in [2.45, 2.75) is 6.92 Å². The summed E-state index contributed by atoms with van der Waals surface area (Å²) in [4.78, 5) is 4.57. The third-order valence-corrected chi connectivity index (χ3v) is 3.19. The second kappa shape index (κ2) is 4.10. The average molecular weight is 303 g/mol. The highest BCUT2D eigenvalue weighted by atomic mass is 79.9. The Labute approximate surface area is 113 Å². The number of anilines is 1. The van der Waals surface area contributed by atoms with Gasteiger partial charge >= 0.3 is 0 Å². The number of nitrogens with zero attached hydrogens (tertiary/aromatic N) is 3. The van der Waals surface area contributed by atoms with Gasteiger partial charge in [0.05, 0.1) is 11.4 Å². The number of aromatic nitrogens is 3. The zero-order valence-corrected chi connectivity index (χ0v) is 11.3. The summed E-state index contributed by atoms with van der Waals surface area (Å²) in [6.45, 7) is 1.92. The largest absolute Gasteiger partial charge is 0.384 e. The molecule has 90 valence electrons. The van der Waals surface area contributed by atoms with E-state index in [4.69, 9.17) is 5.73 Å². The molecule has 3 rings (SSSR count). The number of hydrogen-bond donors (Lipinski definition) is 1. The van der Waals surface area contributed by atoms with E-state index in [0.29, 0.717) is 5.82 Å². The molecule has 5 heteroatoms. The van der Waals surface area contributed by atoms with E-state index in [9.17, 15) is 0 Å². The monoisotopic (exact) mass is 302 g/mol. The Morgan fingerprint density at radius 3 is 2.83 bits per heavy atom. The summed E-state index contributed by atoms with van der Waals surface area (Å²) in [7, 11) is 0. The first kappa shape index (κ1) is 11.2. The predicted octanol–water partition coefficient (Wildman–Crippen LogP) is 3.05. The molecular formula is C13H11BrN4. The van der Waals surface area contributed by atoms with E-state index in [0.717, 1.165) is 27.1 Å². The molecule has 0 aliphatic carbocycles. The lowest BCUT2D eigenvalue weighted by Crippen LogP contribution is -2.01. The first-order valence-corrected chi connectivity index (χ1v) is 6.31. The highest BCUT2D eigenvalue weighted by Gasteiger charge is 2.07. The van der Waals surface area contributed by atoms with Gasteiger partial charge in [0.1, 0.15) is 5.82 Å². The predicted molar refractivity (Wildman–Crippen MR) is 75.3 cm³/mol. The lowest BCUT2D eigenvalue weighted by atomic mass is 10.1. The normalized spacial score (nSPS) is 11.0. The molecule has 0 saturated heterocycles. The molecule has 0 spiro atoms. The number of hydrogen-bond acceptors (Lipinski definition) is 3. The topological polar surface area (TPSA) is 56.2 Å². The molecule has 4 nitrogen and oxygen atoms in total. The summed E-state index contributed by atoms with van der Waals surface area (Å²) in [5, 5.41) is 4.28. The standard InChI is InChI=1S/C13H11BrN4/c1-8-5-13-16-11(7-12(15)18(13)17-8)9-3-2-4-10(14)6-9/h2-7H,15H2,1H3. The number of aryl methyl sites for hydroxylation is 1. The second-order valence-corrected chi connectivity index (χ2v) is 5.05. The minimum absolute atomic E-state index is 0.586. The number of benzene rings is 1. The molecule has 0 saturated carbocycles. The molecule has 2 N–H and O–H groups in total. The minimum atomic E-state index is 0.586. The summed E-state index contributed by atoms with van der Waals surface area (Å²) in [5.74, 6) is 0.586. The molecule has 0 aliphatic rings. The average Bonchev–Trinajstić information content (AvgIpc) is 2.70. The van der Waals surface area contributed by atoms with Crippen molar-refractivity contribution in [3.8, 4) is 11.3 Å². The van der Waals surface area contributed by atoms with E-state index >= 15 is 0 Å². The summed E-state index contributed by atoms with van der Waals surface area (Å²) >= 11 is 3.46. The van der Waals surface area contributed by atoms with Crippen molar-refractivity contribution < 1.29 is 0 Å². The molecule has 3 aromatic rings. The molecule has 18 heavy (non-hydrogen) atoms. The van der Waals surface area contributed by atoms with E-state index in [1.54, 1.807) is 4.52 Å². The fraction of sp³-hybridized carbons (Fsp3) is 0.0769. The Bertz CT molecular complexity index is 733. The highest BCUT2D eigenvalue weighted by molar-refractivity contribution is 9.10. The molecule has 0 amide bonds. The van der Waals surface area contributed by atoms with Crippen LogP contribution >= 0.6 is 15.9 Å². The molecule has 0 fully saturated rings. The zero-order chi connectivity index (χ0) is 12.7. The molecular weight excluding hydrogens is 292 g/mol. The van der Waals surface area contributed by atoms with Crippen LogP contribution in [0.5, 0.6) is 0 Å². The van der Waals surface area contributed by atoms with Crippen LogP contribution in [-0.4, -0.2) is 14.6 Å². The van der Waals surface area contributed by atoms with Crippen LogP contribution < -0.4 is 5.73 Å². The number of rotatable bonds is 1. The van der Waals surface area contributed by atoms with E-state index in [2.05, 4.69) is 26.0 Å². The van der Waals surface area contributed by atoms with Crippen LogP contribution in [0.1, 0.15) is 5.69 Å². The molecule has 0 radical (unpaired) electrons. The molecule has 2 heterocycles. The lowest BCUT2D eigenvalue weighted by molar-refractivity contribution is 0.930. The van der Waals surface area contributed by atoms with Crippen molar-refractivity contribution >= 4 is 27.4 Å². The fourth-order valence-corrected chi connectivity index (χ4v) is 2.31. The van der Waals surface area contributed by atoms with E-state index in [1.165, 1.54) is 0 Å². The Balaban J connectivity index is 2.24. The number of nitrogens with two attached hydrogens (primary N) is 1. The van der Waals surface area contributed by atoms with Gasteiger partial charge in [-0.3, -0.25) is 0 Å². The van der Waals surface area contributed by atoms with Gasteiger partial charge in [0, 0.05) is 22.2 Å². The Kier molecular flexibility index (Phi) is 2.56. The van der Waals surface area contributed by atoms with E-state index in [1.807, 2.05) is 43.3 Å². The summed E-state index contributed by atoms with van der Waals surface area (Å²) in [6, 6.07) is 11.7. The molecule has 0 atom stereocenters. The van der Waals surface area contributed by atoms with Crippen molar-refractivity contribution in [1.29, 1.82) is 0 Å². The Morgan fingerprint density at radius 2 is 2.06 bits per heavy atom. The van der Waals surface area contributed by atoms with Crippen molar-refractivity contribution in [2.24, 2.45) is 0 Å². The van der Waals surface area contributed by atoms with Gasteiger partial charge in [0.25, 0.3) is 0 Å². The first-order valence-electron chi connectivity index (χ1n) is 5.52. The van der Waals surface area contributed by atoms with Crippen LogP contribution in [0.4, 0.5) is 5.82 Å². The molecule has 2 aromatic heterocycles. The van der Waals surface area contributed by atoms with Gasteiger partial charge in [-0.2, -0.15) is 9.61 Å². The Morgan fingerprint density at radius 1 is 1.22 bits per heavy atom. The van der Waals surface area contributed by atoms with Gasteiger partial charge in [-0.05, 0) is 19.1 Å². The second-order valence-electron chi connectivity index (χ2n) is 4.13. The smallest absolute Gasteiger partial charge is 0.158 e. The van der Waals surface area contributed by atoms with Crippen LogP contribution in [0.15, 0.2) is 40.9 Å². The maximum atomic E-state index is 5.99. The SMILES string of the molecule is Cc1cc2nc(-c3cccc(Br)c3)cc(N)n2n1. The van der Waals surface area contributed by atoms with Crippen LogP contribution in [0, 0.1) is 6.92 Å². The summed E-state index contributed by atoms with van der Waals surface area (Å²) < 4.78 is 2.67. The molecule has 0 unspecified atom stereocenters. The van der Waals surface area contributed by atoms with Crippen LogP contribution in [0.3, 0.4) is 0 Å². The third-order valence-electron chi connectivity index (χ3n) is 2.70. The zero-order valence-electron chi connectivity index (χ0n) is 9.76. The van der Waals surface area contributed by atoms with Crippen molar-refractivity contribution in [3.63, 3.8) is 0 Å². The lowest BCUT2D eigenvalue weighted by Gasteiger charge is -2.04. The van der Waals surface area contributed by atoms with Gasteiger partial charge in [0.15, 0.2) is 5.65 Å².